The molecule has 0 radical (unpaired) electrons. The lowest BCUT2D eigenvalue weighted by molar-refractivity contribution is -0.134. The maximum Gasteiger partial charge on any atom is 0.239 e. The Bertz CT molecular complexity index is 886. The van der Waals surface area contributed by atoms with E-state index in [4.69, 9.17) is 4.74 Å². The average molecular weight is 442 g/mol. The highest BCUT2D eigenvalue weighted by Crippen LogP contribution is 2.34. The molecule has 8 heteroatoms. The van der Waals surface area contributed by atoms with Crippen LogP contribution in [-0.4, -0.2) is 72.6 Å². The molecule has 1 aromatic heterocycles. The molecule has 1 aromatic rings. The van der Waals surface area contributed by atoms with Crippen molar-refractivity contribution < 1.29 is 14.3 Å². The average Bonchev–Trinajstić information content (AvgIpc) is 3.40. The lowest BCUT2D eigenvalue weighted by atomic mass is 9.95. The molecule has 4 rings (SSSR count). The number of nitriles is 1. The Morgan fingerprint density at radius 2 is 1.91 bits per heavy atom. The molecule has 2 saturated heterocycles. The summed E-state index contributed by atoms with van der Waals surface area (Å²) in [5, 5.41) is 13.0. The van der Waals surface area contributed by atoms with E-state index in [1.54, 1.807) is 19.0 Å². The first-order valence-corrected chi connectivity index (χ1v) is 12.0. The highest BCUT2D eigenvalue weighted by Gasteiger charge is 2.30. The summed E-state index contributed by atoms with van der Waals surface area (Å²) in [5.41, 5.74) is 2.93. The molecule has 3 heterocycles. The number of carbonyl (C=O) groups excluding carboxylic acids is 2. The van der Waals surface area contributed by atoms with E-state index in [-0.39, 0.29) is 30.4 Å². The number of nitrogens with zero attached hydrogens (tertiary/aromatic N) is 4. The van der Waals surface area contributed by atoms with Crippen molar-refractivity contribution in [3.05, 3.63) is 16.8 Å². The number of carbonyl (C=O) groups is 2. The number of aromatic nitrogens is 1. The van der Waals surface area contributed by atoms with E-state index in [1.165, 1.54) is 5.69 Å². The van der Waals surface area contributed by atoms with Gasteiger partial charge in [-0.1, -0.05) is 0 Å². The van der Waals surface area contributed by atoms with E-state index >= 15 is 0 Å². The smallest absolute Gasteiger partial charge is 0.239 e. The van der Waals surface area contributed by atoms with Crippen molar-refractivity contribution in [3.8, 4) is 6.07 Å². The maximum atomic E-state index is 13.0. The number of hydrogen-bond donors (Lipinski definition) is 1. The fraction of sp³-hybridized carbons (Fsp3) is 0.708. The summed E-state index contributed by atoms with van der Waals surface area (Å²) < 4.78 is 8.02. The van der Waals surface area contributed by atoms with Crippen molar-refractivity contribution in [2.75, 3.05) is 45.7 Å². The zero-order valence-corrected chi connectivity index (χ0v) is 19.4. The van der Waals surface area contributed by atoms with Gasteiger partial charge in [-0.25, -0.2) is 0 Å². The minimum absolute atomic E-state index is 0.0462. The van der Waals surface area contributed by atoms with Crippen LogP contribution < -0.4 is 5.32 Å². The minimum Gasteiger partial charge on any atom is -0.376 e. The molecule has 0 bridgehead atoms. The van der Waals surface area contributed by atoms with Crippen LogP contribution in [0.4, 0.5) is 5.82 Å². The number of hydrogen-bond acceptors (Lipinski definition) is 5. The van der Waals surface area contributed by atoms with Gasteiger partial charge in [-0.2, -0.15) is 5.26 Å². The first kappa shape index (κ1) is 22.8. The van der Waals surface area contributed by atoms with Gasteiger partial charge in [0, 0.05) is 32.3 Å². The number of anilines is 1. The summed E-state index contributed by atoms with van der Waals surface area (Å²) in [5.74, 6) is 0.773. The Morgan fingerprint density at radius 1 is 1.16 bits per heavy atom. The number of fused-ring (bicyclic) bond motifs is 1. The van der Waals surface area contributed by atoms with Gasteiger partial charge in [0.05, 0.1) is 24.8 Å². The molecule has 1 N–H and O–H groups in total. The Balaban J connectivity index is 1.45. The SMILES string of the molecule is CN(C)C(=O)C1CCN(CC(=O)Nc2c(C#N)c3c(n2CC2CCCO2)CCCC3)CC1. The van der Waals surface area contributed by atoms with E-state index in [2.05, 4.69) is 20.9 Å². The predicted octanol–water partition coefficient (Wildman–Crippen LogP) is 2.16. The molecular weight excluding hydrogens is 406 g/mol. The molecule has 0 saturated carbocycles. The molecule has 2 aliphatic heterocycles. The molecule has 1 aliphatic carbocycles. The second-order valence-corrected chi connectivity index (χ2v) is 9.54. The van der Waals surface area contributed by atoms with E-state index in [0.29, 0.717) is 17.9 Å². The number of likely N-dealkylation sites (tertiary alicyclic amines) is 1. The first-order valence-electron chi connectivity index (χ1n) is 12.0. The van der Waals surface area contributed by atoms with Gasteiger partial charge in [0.25, 0.3) is 0 Å². The van der Waals surface area contributed by atoms with Gasteiger partial charge in [-0.15, -0.1) is 0 Å². The summed E-state index contributed by atoms with van der Waals surface area (Å²) in [4.78, 5) is 29.0. The van der Waals surface area contributed by atoms with Crippen LogP contribution in [0.15, 0.2) is 0 Å². The van der Waals surface area contributed by atoms with E-state index in [9.17, 15) is 14.9 Å². The molecule has 0 aromatic carbocycles. The molecular formula is C24H35N5O3. The van der Waals surface area contributed by atoms with Crippen LogP contribution in [0.5, 0.6) is 0 Å². The zero-order valence-electron chi connectivity index (χ0n) is 19.4. The van der Waals surface area contributed by atoms with Crippen molar-refractivity contribution >= 4 is 17.6 Å². The molecule has 1 atom stereocenters. The molecule has 8 nitrogen and oxygen atoms in total. The van der Waals surface area contributed by atoms with Gasteiger partial charge < -0.3 is 19.5 Å². The van der Waals surface area contributed by atoms with Crippen molar-refractivity contribution in [2.45, 2.75) is 64.0 Å². The summed E-state index contributed by atoms with van der Waals surface area (Å²) in [6.07, 6.45) is 7.81. The largest absolute Gasteiger partial charge is 0.376 e. The highest BCUT2D eigenvalue weighted by atomic mass is 16.5. The molecule has 174 valence electrons. The van der Waals surface area contributed by atoms with Crippen molar-refractivity contribution in [3.63, 3.8) is 0 Å². The number of nitrogens with one attached hydrogen (secondary N) is 1. The lowest BCUT2D eigenvalue weighted by Crippen LogP contribution is -2.43. The third kappa shape index (κ3) is 4.84. The number of ether oxygens (including phenoxy) is 1. The van der Waals surface area contributed by atoms with Gasteiger partial charge in [0.15, 0.2) is 0 Å². The zero-order chi connectivity index (χ0) is 22.7. The van der Waals surface area contributed by atoms with Gasteiger partial charge >= 0.3 is 0 Å². The molecule has 1 unspecified atom stereocenters. The summed E-state index contributed by atoms with van der Waals surface area (Å²) in [7, 11) is 3.58. The molecule has 32 heavy (non-hydrogen) atoms. The third-order valence-electron chi connectivity index (χ3n) is 7.10. The quantitative estimate of drug-likeness (QED) is 0.731. The van der Waals surface area contributed by atoms with Crippen molar-refractivity contribution in [2.24, 2.45) is 5.92 Å². The number of rotatable bonds is 6. The molecule has 0 spiro atoms. The Labute approximate surface area is 190 Å². The van der Waals surface area contributed by atoms with Crippen molar-refractivity contribution in [1.29, 1.82) is 5.26 Å². The van der Waals surface area contributed by atoms with Crippen LogP contribution in [-0.2, 0) is 33.7 Å². The molecule has 2 fully saturated rings. The van der Waals surface area contributed by atoms with Crippen LogP contribution in [0.25, 0.3) is 0 Å². The standard InChI is InChI=1S/C24H35N5O3/c1-27(2)24(31)17-9-11-28(12-10-17)16-22(30)26-23-20(14-25)19-7-3-4-8-21(19)29(23)15-18-6-5-13-32-18/h17-18H,3-13,15-16H2,1-2H3,(H,26,30). The highest BCUT2D eigenvalue weighted by molar-refractivity contribution is 5.93. The van der Waals surface area contributed by atoms with Gasteiger partial charge in [0.2, 0.25) is 11.8 Å². The van der Waals surface area contributed by atoms with E-state index in [1.807, 2.05) is 0 Å². The third-order valence-corrected chi connectivity index (χ3v) is 7.10. The van der Waals surface area contributed by atoms with Crippen LogP contribution in [0.3, 0.4) is 0 Å². The van der Waals surface area contributed by atoms with E-state index in [0.717, 1.165) is 76.6 Å². The van der Waals surface area contributed by atoms with Gasteiger partial charge in [-0.3, -0.25) is 14.5 Å². The minimum atomic E-state index is -0.0951. The summed E-state index contributed by atoms with van der Waals surface area (Å²) in [6, 6.07) is 2.37. The second kappa shape index (κ2) is 10.1. The van der Waals surface area contributed by atoms with Crippen LogP contribution in [0.2, 0.25) is 0 Å². The summed E-state index contributed by atoms with van der Waals surface area (Å²) in [6.45, 7) is 3.22. The van der Waals surface area contributed by atoms with Crippen LogP contribution in [0.1, 0.15) is 55.3 Å². The maximum absolute atomic E-state index is 13.0. The van der Waals surface area contributed by atoms with Gasteiger partial charge in [-0.05, 0) is 70.0 Å². The molecule has 3 aliphatic rings. The Morgan fingerprint density at radius 3 is 2.56 bits per heavy atom. The lowest BCUT2D eigenvalue weighted by Gasteiger charge is -2.32. The van der Waals surface area contributed by atoms with Crippen LogP contribution in [0, 0.1) is 17.2 Å². The normalized spacial score (nSPS) is 21.7. The number of amides is 2. The fourth-order valence-electron chi connectivity index (χ4n) is 5.39. The van der Waals surface area contributed by atoms with E-state index < -0.39 is 0 Å². The Hall–Kier alpha value is -2.37. The van der Waals surface area contributed by atoms with Gasteiger partial charge in [0.1, 0.15) is 11.9 Å². The van der Waals surface area contributed by atoms with Crippen LogP contribution >= 0.6 is 0 Å². The monoisotopic (exact) mass is 441 g/mol. The topological polar surface area (TPSA) is 90.6 Å². The first-order chi connectivity index (χ1) is 15.5. The molecule has 2 amide bonds. The predicted molar refractivity (Wildman–Crippen MR) is 121 cm³/mol. The second-order valence-electron chi connectivity index (χ2n) is 9.54. The number of piperidine rings is 1. The fourth-order valence-corrected chi connectivity index (χ4v) is 5.39. The van der Waals surface area contributed by atoms with Crippen molar-refractivity contribution in [1.82, 2.24) is 14.4 Å². The Kier molecular flexibility index (Phi) is 7.17. The summed E-state index contributed by atoms with van der Waals surface area (Å²) >= 11 is 0.